The molecular weight excluding hydrogens is 272 g/mol. The van der Waals surface area contributed by atoms with Crippen molar-refractivity contribution in [3.63, 3.8) is 0 Å². The molecule has 0 heterocycles. The highest BCUT2D eigenvalue weighted by Crippen LogP contribution is 2.09. The fourth-order valence-electron chi connectivity index (χ4n) is 2.33. The van der Waals surface area contributed by atoms with E-state index in [0.717, 1.165) is 17.5 Å². The van der Waals surface area contributed by atoms with Gasteiger partial charge in [-0.1, -0.05) is 60.7 Å². The summed E-state index contributed by atoms with van der Waals surface area (Å²) in [5.41, 5.74) is 2.25. The van der Waals surface area contributed by atoms with Gasteiger partial charge < -0.3 is 4.90 Å². The van der Waals surface area contributed by atoms with Crippen LogP contribution in [0.4, 0.5) is 0 Å². The van der Waals surface area contributed by atoms with Gasteiger partial charge in [-0.15, -0.1) is 0 Å². The first-order valence-corrected chi connectivity index (χ1v) is 7.52. The molecule has 0 bridgehead atoms. The van der Waals surface area contributed by atoms with E-state index in [2.05, 4.69) is 6.07 Å². The molecule has 0 spiro atoms. The van der Waals surface area contributed by atoms with Gasteiger partial charge in [0.25, 0.3) is 0 Å². The molecule has 0 radical (unpaired) electrons. The van der Waals surface area contributed by atoms with Gasteiger partial charge in [0.1, 0.15) is 0 Å². The van der Waals surface area contributed by atoms with E-state index in [9.17, 15) is 4.79 Å². The van der Waals surface area contributed by atoms with Crippen molar-refractivity contribution in [1.82, 2.24) is 4.90 Å². The highest BCUT2D eigenvalue weighted by Gasteiger charge is 2.13. The lowest BCUT2D eigenvalue weighted by atomic mass is 10.1. The van der Waals surface area contributed by atoms with Crippen molar-refractivity contribution in [2.75, 3.05) is 6.54 Å². The van der Waals surface area contributed by atoms with Crippen molar-refractivity contribution in [2.45, 2.75) is 25.8 Å². The van der Waals surface area contributed by atoms with Crippen LogP contribution < -0.4 is 0 Å². The number of hydrogen-bond acceptors (Lipinski definition) is 2. The molecule has 0 N–H and O–H groups in total. The number of benzene rings is 2. The summed E-state index contributed by atoms with van der Waals surface area (Å²) in [4.78, 5) is 14.2. The predicted molar refractivity (Wildman–Crippen MR) is 86.9 cm³/mol. The van der Waals surface area contributed by atoms with E-state index in [-0.39, 0.29) is 5.91 Å². The molecule has 2 rings (SSSR count). The summed E-state index contributed by atoms with van der Waals surface area (Å²) < 4.78 is 0. The summed E-state index contributed by atoms with van der Waals surface area (Å²) in [5, 5.41) is 8.78. The summed E-state index contributed by atoms with van der Waals surface area (Å²) in [6.45, 7) is 1.05. The van der Waals surface area contributed by atoms with Gasteiger partial charge in [0.15, 0.2) is 0 Å². The molecular formula is C19H20N2O. The smallest absolute Gasteiger partial charge is 0.223 e. The topological polar surface area (TPSA) is 44.1 Å². The van der Waals surface area contributed by atoms with Crippen LogP contribution in [0.1, 0.15) is 24.0 Å². The van der Waals surface area contributed by atoms with E-state index in [1.807, 2.05) is 60.7 Å². The zero-order chi connectivity index (χ0) is 15.6. The zero-order valence-electron chi connectivity index (χ0n) is 12.6. The quantitative estimate of drug-likeness (QED) is 0.783. The Morgan fingerprint density at radius 3 is 2.14 bits per heavy atom. The number of aryl methyl sites for hydroxylation is 1. The summed E-state index contributed by atoms with van der Waals surface area (Å²) in [7, 11) is 0. The van der Waals surface area contributed by atoms with E-state index >= 15 is 0 Å². The van der Waals surface area contributed by atoms with Crippen molar-refractivity contribution in [2.24, 2.45) is 0 Å². The molecule has 0 fully saturated rings. The molecule has 2 aromatic carbocycles. The summed E-state index contributed by atoms with van der Waals surface area (Å²) in [5.74, 6) is 0.1000. The lowest BCUT2D eigenvalue weighted by molar-refractivity contribution is -0.131. The van der Waals surface area contributed by atoms with Crippen LogP contribution in [-0.2, 0) is 17.8 Å². The van der Waals surface area contributed by atoms with E-state index in [1.165, 1.54) is 0 Å². The third kappa shape index (κ3) is 5.06. The predicted octanol–water partition coefficient (Wildman–Crippen LogP) is 3.56. The van der Waals surface area contributed by atoms with Gasteiger partial charge in [0, 0.05) is 19.5 Å². The maximum atomic E-state index is 12.4. The molecule has 0 aromatic heterocycles. The second-order valence-corrected chi connectivity index (χ2v) is 5.19. The third-order valence-electron chi connectivity index (χ3n) is 3.53. The molecule has 0 saturated carbocycles. The van der Waals surface area contributed by atoms with Crippen LogP contribution in [-0.4, -0.2) is 17.4 Å². The van der Waals surface area contributed by atoms with Crippen LogP contribution in [0.5, 0.6) is 0 Å². The summed E-state index contributed by atoms with van der Waals surface area (Å²) in [6, 6.07) is 22.0. The van der Waals surface area contributed by atoms with Crippen molar-refractivity contribution >= 4 is 5.91 Å². The monoisotopic (exact) mass is 292 g/mol. The normalized spacial score (nSPS) is 9.95. The maximum Gasteiger partial charge on any atom is 0.223 e. The lowest BCUT2D eigenvalue weighted by Gasteiger charge is -2.22. The molecule has 2 aromatic rings. The van der Waals surface area contributed by atoms with Crippen LogP contribution in [0.15, 0.2) is 60.7 Å². The minimum atomic E-state index is 0.1000. The van der Waals surface area contributed by atoms with Gasteiger partial charge in [0.2, 0.25) is 5.91 Å². The second kappa shape index (κ2) is 8.63. The Balaban J connectivity index is 1.95. The van der Waals surface area contributed by atoms with Gasteiger partial charge in [-0.2, -0.15) is 5.26 Å². The maximum absolute atomic E-state index is 12.4. The molecule has 1 amide bonds. The second-order valence-electron chi connectivity index (χ2n) is 5.19. The average Bonchev–Trinajstić information content (AvgIpc) is 2.58. The van der Waals surface area contributed by atoms with Crippen LogP contribution in [0, 0.1) is 11.3 Å². The molecule has 0 unspecified atom stereocenters. The minimum absolute atomic E-state index is 0.1000. The molecule has 0 aliphatic rings. The fourth-order valence-corrected chi connectivity index (χ4v) is 2.33. The van der Waals surface area contributed by atoms with Crippen LogP contribution >= 0.6 is 0 Å². The first kappa shape index (κ1) is 15.8. The average molecular weight is 292 g/mol. The molecule has 3 nitrogen and oxygen atoms in total. The Bertz CT molecular complexity index is 617. The van der Waals surface area contributed by atoms with E-state index in [4.69, 9.17) is 5.26 Å². The van der Waals surface area contributed by atoms with E-state index in [1.54, 1.807) is 4.90 Å². The Morgan fingerprint density at radius 1 is 0.955 bits per heavy atom. The van der Waals surface area contributed by atoms with Gasteiger partial charge >= 0.3 is 0 Å². The van der Waals surface area contributed by atoms with Crippen LogP contribution in [0.3, 0.4) is 0 Å². The number of carbonyl (C=O) groups excluding carboxylic acids is 1. The van der Waals surface area contributed by atoms with E-state index < -0.39 is 0 Å². The summed E-state index contributed by atoms with van der Waals surface area (Å²) >= 11 is 0. The SMILES string of the molecule is N#CCCN(Cc1ccccc1)C(=O)CCc1ccccc1. The van der Waals surface area contributed by atoms with Crippen LogP contribution in [0.2, 0.25) is 0 Å². The standard InChI is InChI=1S/C19H20N2O/c20-14-7-15-21(16-18-10-5-2-6-11-18)19(22)13-12-17-8-3-1-4-9-17/h1-6,8-11H,7,12-13,15-16H2. The number of rotatable bonds is 7. The number of carbonyl (C=O) groups is 1. The van der Waals surface area contributed by atoms with Gasteiger partial charge in [-0.05, 0) is 17.5 Å². The molecule has 0 aliphatic heterocycles. The number of nitriles is 1. The fraction of sp³-hybridized carbons (Fsp3) is 0.263. The third-order valence-corrected chi connectivity index (χ3v) is 3.53. The first-order valence-electron chi connectivity index (χ1n) is 7.52. The highest BCUT2D eigenvalue weighted by atomic mass is 16.2. The van der Waals surface area contributed by atoms with Crippen molar-refractivity contribution in [3.8, 4) is 6.07 Å². The molecule has 3 heteroatoms. The molecule has 0 saturated heterocycles. The minimum Gasteiger partial charge on any atom is -0.337 e. The Kier molecular flexibility index (Phi) is 6.19. The number of amides is 1. The largest absolute Gasteiger partial charge is 0.337 e. The van der Waals surface area contributed by atoms with Crippen LogP contribution in [0.25, 0.3) is 0 Å². The Labute approximate surface area is 131 Å². The van der Waals surface area contributed by atoms with Gasteiger partial charge in [0.05, 0.1) is 12.5 Å². The lowest BCUT2D eigenvalue weighted by Crippen LogP contribution is -2.31. The molecule has 0 atom stereocenters. The number of nitrogens with zero attached hydrogens (tertiary/aromatic N) is 2. The molecule has 0 aliphatic carbocycles. The van der Waals surface area contributed by atoms with Crippen molar-refractivity contribution < 1.29 is 4.79 Å². The van der Waals surface area contributed by atoms with Crippen molar-refractivity contribution in [1.29, 1.82) is 5.26 Å². The molecule has 22 heavy (non-hydrogen) atoms. The van der Waals surface area contributed by atoms with Gasteiger partial charge in [-0.3, -0.25) is 4.79 Å². The first-order chi connectivity index (χ1) is 10.8. The van der Waals surface area contributed by atoms with Crippen molar-refractivity contribution in [3.05, 3.63) is 71.8 Å². The highest BCUT2D eigenvalue weighted by molar-refractivity contribution is 5.76. The Hall–Kier alpha value is -2.60. The Morgan fingerprint density at radius 2 is 1.55 bits per heavy atom. The summed E-state index contributed by atoms with van der Waals surface area (Å²) in [6.07, 6.45) is 1.57. The van der Waals surface area contributed by atoms with Gasteiger partial charge in [-0.25, -0.2) is 0 Å². The zero-order valence-corrected chi connectivity index (χ0v) is 12.6. The van der Waals surface area contributed by atoms with E-state index in [0.29, 0.717) is 25.9 Å². The number of hydrogen-bond donors (Lipinski definition) is 0. The molecule has 112 valence electrons.